The molecule has 0 amide bonds. The molecule has 2 rings (SSSR count). The first-order valence-electron chi connectivity index (χ1n) is 6.42. The first-order chi connectivity index (χ1) is 9.09. The Morgan fingerprint density at radius 3 is 2.20 bits per heavy atom. The SMILES string of the molecule is C=CS(=O)(=O)c1cccc(B2OC(C)(C)C(C)(C)O2)c1. The highest BCUT2D eigenvalue weighted by molar-refractivity contribution is 7.94. The molecule has 1 aliphatic heterocycles. The minimum Gasteiger partial charge on any atom is -0.399 e. The first-order valence-corrected chi connectivity index (χ1v) is 7.97. The van der Waals surface area contributed by atoms with Gasteiger partial charge in [0, 0.05) is 5.41 Å². The molecule has 1 aliphatic rings. The van der Waals surface area contributed by atoms with Crippen molar-refractivity contribution < 1.29 is 17.7 Å². The highest BCUT2D eigenvalue weighted by Crippen LogP contribution is 2.36. The van der Waals surface area contributed by atoms with Crippen LogP contribution in [0.3, 0.4) is 0 Å². The van der Waals surface area contributed by atoms with Crippen molar-refractivity contribution >= 4 is 22.4 Å². The van der Waals surface area contributed by atoms with Gasteiger partial charge in [0.15, 0.2) is 9.84 Å². The Morgan fingerprint density at radius 1 is 1.15 bits per heavy atom. The van der Waals surface area contributed by atoms with Gasteiger partial charge in [0.05, 0.1) is 16.1 Å². The van der Waals surface area contributed by atoms with Crippen LogP contribution in [0.25, 0.3) is 0 Å². The summed E-state index contributed by atoms with van der Waals surface area (Å²) in [5.74, 6) is 0. The second-order valence-corrected chi connectivity index (χ2v) is 7.77. The van der Waals surface area contributed by atoms with Crippen molar-refractivity contribution in [2.24, 2.45) is 0 Å². The second kappa shape index (κ2) is 4.72. The molecule has 4 nitrogen and oxygen atoms in total. The van der Waals surface area contributed by atoms with E-state index >= 15 is 0 Å². The van der Waals surface area contributed by atoms with Crippen molar-refractivity contribution in [3.05, 3.63) is 36.3 Å². The van der Waals surface area contributed by atoms with E-state index in [2.05, 4.69) is 6.58 Å². The highest BCUT2D eigenvalue weighted by atomic mass is 32.2. The largest absolute Gasteiger partial charge is 0.494 e. The van der Waals surface area contributed by atoms with Crippen LogP contribution < -0.4 is 5.46 Å². The van der Waals surface area contributed by atoms with Gasteiger partial charge < -0.3 is 9.31 Å². The Morgan fingerprint density at radius 2 is 1.70 bits per heavy atom. The Kier molecular flexibility index (Phi) is 3.61. The summed E-state index contributed by atoms with van der Waals surface area (Å²) in [5, 5.41) is 0.941. The monoisotopic (exact) mass is 294 g/mol. The van der Waals surface area contributed by atoms with Gasteiger partial charge in [-0.15, -0.1) is 0 Å². The van der Waals surface area contributed by atoms with E-state index in [1.54, 1.807) is 18.2 Å². The Labute approximate surface area is 120 Å². The van der Waals surface area contributed by atoms with Gasteiger partial charge in [-0.25, -0.2) is 8.42 Å². The molecule has 0 atom stereocenters. The van der Waals surface area contributed by atoms with E-state index < -0.39 is 28.2 Å². The van der Waals surface area contributed by atoms with E-state index in [0.717, 1.165) is 5.41 Å². The molecule has 1 heterocycles. The zero-order valence-electron chi connectivity index (χ0n) is 12.2. The molecule has 1 fully saturated rings. The van der Waals surface area contributed by atoms with Crippen molar-refractivity contribution in [3.8, 4) is 0 Å². The van der Waals surface area contributed by atoms with E-state index in [9.17, 15) is 8.42 Å². The zero-order valence-corrected chi connectivity index (χ0v) is 13.0. The van der Waals surface area contributed by atoms with Crippen molar-refractivity contribution in [2.45, 2.75) is 43.8 Å². The zero-order chi connectivity index (χ0) is 15.2. The van der Waals surface area contributed by atoms with Crippen LogP contribution >= 0.6 is 0 Å². The van der Waals surface area contributed by atoms with Crippen molar-refractivity contribution in [1.29, 1.82) is 0 Å². The summed E-state index contributed by atoms with van der Waals surface area (Å²) >= 11 is 0. The normalized spacial score (nSPS) is 20.9. The van der Waals surface area contributed by atoms with Crippen LogP contribution in [0.4, 0.5) is 0 Å². The molecular formula is C14H19BO4S. The third-order valence-electron chi connectivity index (χ3n) is 3.93. The molecule has 0 bridgehead atoms. The Balaban J connectivity index is 2.37. The summed E-state index contributed by atoms with van der Waals surface area (Å²) in [7, 11) is -4.02. The van der Waals surface area contributed by atoms with Gasteiger partial charge in [0.25, 0.3) is 0 Å². The molecule has 6 heteroatoms. The second-order valence-electron chi connectivity index (χ2n) is 5.87. The summed E-state index contributed by atoms with van der Waals surface area (Å²) in [5.41, 5.74) is -0.220. The lowest BCUT2D eigenvalue weighted by Gasteiger charge is -2.32. The average molecular weight is 294 g/mol. The third-order valence-corrected chi connectivity index (χ3v) is 5.28. The summed E-state index contributed by atoms with van der Waals surface area (Å²) < 4.78 is 35.5. The maximum Gasteiger partial charge on any atom is 0.494 e. The van der Waals surface area contributed by atoms with Crippen LogP contribution in [-0.4, -0.2) is 26.7 Å². The number of rotatable bonds is 3. The van der Waals surface area contributed by atoms with E-state index in [-0.39, 0.29) is 4.90 Å². The standard InChI is InChI=1S/C14H19BO4S/c1-6-20(16,17)12-9-7-8-11(10-12)15-18-13(2,3)14(4,5)19-15/h6-10H,1H2,2-5H3. The summed E-state index contributed by atoms with van der Waals surface area (Å²) in [4.78, 5) is 0.194. The van der Waals surface area contributed by atoms with Gasteiger partial charge in [-0.05, 0) is 45.3 Å². The lowest BCUT2D eigenvalue weighted by atomic mass is 9.79. The van der Waals surface area contributed by atoms with Crippen molar-refractivity contribution in [2.75, 3.05) is 0 Å². The van der Waals surface area contributed by atoms with Crippen LogP contribution in [0, 0.1) is 0 Å². The first kappa shape index (κ1) is 15.3. The lowest BCUT2D eigenvalue weighted by molar-refractivity contribution is 0.00578. The third kappa shape index (κ3) is 2.55. The lowest BCUT2D eigenvalue weighted by Crippen LogP contribution is -2.41. The fraction of sp³-hybridized carbons (Fsp3) is 0.429. The maximum atomic E-state index is 11.8. The smallest absolute Gasteiger partial charge is 0.399 e. The van der Waals surface area contributed by atoms with Gasteiger partial charge in [-0.2, -0.15) is 0 Å². The summed E-state index contributed by atoms with van der Waals surface area (Å²) in [6.07, 6.45) is 0. The fourth-order valence-corrected chi connectivity index (χ4v) is 2.67. The van der Waals surface area contributed by atoms with Crippen molar-refractivity contribution in [1.82, 2.24) is 0 Å². The molecule has 20 heavy (non-hydrogen) atoms. The molecule has 0 N–H and O–H groups in total. The van der Waals surface area contributed by atoms with Crippen LogP contribution in [0.2, 0.25) is 0 Å². The van der Waals surface area contributed by atoms with Gasteiger partial charge >= 0.3 is 7.12 Å². The predicted molar refractivity (Wildman–Crippen MR) is 79.5 cm³/mol. The number of sulfone groups is 1. The van der Waals surface area contributed by atoms with E-state index in [0.29, 0.717) is 5.46 Å². The predicted octanol–water partition coefficient (Wildman–Crippen LogP) is 1.90. The van der Waals surface area contributed by atoms with Crippen LogP contribution in [0.5, 0.6) is 0 Å². The Hall–Kier alpha value is -1.11. The molecule has 0 radical (unpaired) electrons. The quantitative estimate of drug-likeness (QED) is 0.799. The minimum atomic E-state index is -3.45. The van der Waals surface area contributed by atoms with Gasteiger partial charge in [-0.1, -0.05) is 18.7 Å². The van der Waals surface area contributed by atoms with Gasteiger partial charge in [0.2, 0.25) is 0 Å². The molecule has 0 unspecified atom stereocenters. The van der Waals surface area contributed by atoms with Gasteiger partial charge in [0.1, 0.15) is 0 Å². The fourth-order valence-electron chi connectivity index (χ4n) is 1.91. The van der Waals surface area contributed by atoms with Gasteiger partial charge in [-0.3, -0.25) is 0 Å². The average Bonchev–Trinajstić information content (AvgIpc) is 2.59. The number of benzene rings is 1. The molecule has 0 aliphatic carbocycles. The summed E-state index contributed by atoms with van der Waals surface area (Å²) in [6.45, 7) is 11.2. The molecule has 0 saturated carbocycles. The number of hydrogen-bond donors (Lipinski definition) is 0. The topological polar surface area (TPSA) is 52.6 Å². The molecule has 1 aromatic rings. The van der Waals surface area contributed by atoms with Crippen LogP contribution in [0.1, 0.15) is 27.7 Å². The van der Waals surface area contributed by atoms with Crippen LogP contribution in [-0.2, 0) is 19.1 Å². The molecule has 0 spiro atoms. The molecule has 0 aromatic heterocycles. The summed E-state index contributed by atoms with van der Waals surface area (Å²) in [6, 6.07) is 6.58. The highest BCUT2D eigenvalue weighted by Gasteiger charge is 2.51. The van der Waals surface area contributed by atoms with Crippen molar-refractivity contribution in [3.63, 3.8) is 0 Å². The number of hydrogen-bond acceptors (Lipinski definition) is 4. The molecule has 108 valence electrons. The maximum absolute atomic E-state index is 11.8. The molecular weight excluding hydrogens is 275 g/mol. The molecule has 1 saturated heterocycles. The Bertz CT molecular complexity index is 618. The van der Waals surface area contributed by atoms with E-state index in [1.165, 1.54) is 6.07 Å². The molecule has 1 aromatic carbocycles. The van der Waals surface area contributed by atoms with E-state index in [1.807, 2.05) is 27.7 Å². The van der Waals surface area contributed by atoms with Crippen LogP contribution in [0.15, 0.2) is 41.1 Å². The van der Waals surface area contributed by atoms with E-state index in [4.69, 9.17) is 9.31 Å². The minimum absolute atomic E-state index is 0.194.